The number of nitrogens with one attached hydrogen (secondary N) is 1. The lowest BCUT2D eigenvalue weighted by Gasteiger charge is -2.06. The van der Waals surface area contributed by atoms with E-state index in [2.05, 4.69) is 20.4 Å². The second kappa shape index (κ2) is 4.92. The number of rotatable bonds is 4. The predicted molar refractivity (Wildman–Crippen MR) is 61.3 cm³/mol. The quantitative estimate of drug-likeness (QED) is 0.826. The highest BCUT2D eigenvalue weighted by molar-refractivity contribution is 5.36. The van der Waals surface area contributed by atoms with Gasteiger partial charge in [-0.25, -0.2) is 9.97 Å². The molecule has 0 aliphatic rings. The molecule has 0 radical (unpaired) electrons. The van der Waals surface area contributed by atoms with Crippen LogP contribution in [0.4, 0.5) is 5.82 Å². The van der Waals surface area contributed by atoms with Crippen LogP contribution in [0.3, 0.4) is 0 Å². The summed E-state index contributed by atoms with van der Waals surface area (Å²) in [6, 6.07) is 1.81. The third kappa shape index (κ3) is 2.79. The molecule has 0 saturated heterocycles. The van der Waals surface area contributed by atoms with Crippen LogP contribution < -0.4 is 5.32 Å². The Morgan fingerprint density at radius 1 is 1.35 bits per heavy atom. The van der Waals surface area contributed by atoms with E-state index in [0.717, 1.165) is 17.0 Å². The van der Waals surface area contributed by atoms with Crippen molar-refractivity contribution in [3.63, 3.8) is 0 Å². The van der Waals surface area contributed by atoms with Crippen LogP contribution in [0.15, 0.2) is 16.9 Å². The summed E-state index contributed by atoms with van der Waals surface area (Å²) >= 11 is 0. The van der Waals surface area contributed by atoms with Crippen LogP contribution in [0, 0.1) is 13.8 Å². The highest BCUT2D eigenvalue weighted by Crippen LogP contribution is 2.10. The van der Waals surface area contributed by atoms with E-state index >= 15 is 0 Å². The zero-order valence-corrected chi connectivity index (χ0v) is 9.77. The topological polar surface area (TPSA) is 84.1 Å². The Labute approximate surface area is 98.7 Å². The van der Waals surface area contributed by atoms with E-state index < -0.39 is 0 Å². The first-order chi connectivity index (χ1) is 8.19. The molecule has 0 bridgehead atoms. The van der Waals surface area contributed by atoms with Crippen molar-refractivity contribution < 1.29 is 9.63 Å². The van der Waals surface area contributed by atoms with E-state index in [9.17, 15) is 0 Å². The summed E-state index contributed by atoms with van der Waals surface area (Å²) in [6.45, 7) is 4.15. The molecule has 2 N–H and O–H groups in total. The minimum absolute atomic E-state index is 0.167. The van der Waals surface area contributed by atoms with Crippen LogP contribution in [-0.2, 0) is 13.2 Å². The average Bonchev–Trinajstić information content (AvgIpc) is 2.71. The number of aryl methyl sites for hydroxylation is 2. The third-order valence-corrected chi connectivity index (χ3v) is 2.33. The van der Waals surface area contributed by atoms with Gasteiger partial charge in [-0.2, -0.15) is 0 Å². The molecular weight excluding hydrogens is 220 g/mol. The molecule has 0 fully saturated rings. The van der Waals surface area contributed by atoms with Crippen molar-refractivity contribution in [2.45, 2.75) is 27.0 Å². The van der Waals surface area contributed by atoms with E-state index in [0.29, 0.717) is 18.2 Å². The van der Waals surface area contributed by atoms with Gasteiger partial charge in [-0.1, -0.05) is 5.16 Å². The van der Waals surface area contributed by atoms with Crippen LogP contribution in [0.25, 0.3) is 0 Å². The molecular formula is C11H14N4O2. The lowest BCUT2D eigenvalue weighted by atomic mass is 10.3. The van der Waals surface area contributed by atoms with Gasteiger partial charge in [0.1, 0.15) is 24.4 Å². The van der Waals surface area contributed by atoms with Crippen molar-refractivity contribution >= 4 is 5.82 Å². The monoisotopic (exact) mass is 234 g/mol. The molecule has 0 atom stereocenters. The van der Waals surface area contributed by atoms with Gasteiger partial charge in [0, 0.05) is 17.3 Å². The SMILES string of the molecule is Cc1cc(NCc2nocc2C)nc(CO)n1. The summed E-state index contributed by atoms with van der Waals surface area (Å²) in [5, 5.41) is 16.0. The minimum Gasteiger partial charge on any atom is -0.388 e. The summed E-state index contributed by atoms with van der Waals surface area (Å²) in [5.74, 6) is 1.08. The highest BCUT2D eigenvalue weighted by Gasteiger charge is 2.05. The molecule has 0 amide bonds. The molecule has 0 aliphatic heterocycles. The number of hydrogen-bond donors (Lipinski definition) is 2. The normalized spacial score (nSPS) is 10.5. The number of hydrogen-bond acceptors (Lipinski definition) is 6. The van der Waals surface area contributed by atoms with Gasteiger partial charge >= 0.3 is 0 Å². The van der Waals surface area contributed by atoms with Gasteiger partial charge in [0.25, 0.3) is 0 Å². The fraction of sp³-hybridized carbons (Fsp3) is 0.364. The number of aliphatic hydroxyl groups excluding tert-OH is 1. The van der Waals surface area contributed by atoms with Crippen molar-refractivity contribution in [1.29, 1.82) is 0 Å². The minimum atomic E-state index is -0.167. The Morgan fingerprint density at radius 2 is 2.18 bits per heavy atom. The van der Waals surface area contributed by atoms with Crippen LogP contribution in [0.5, 0.6) is 0 Å². The molecule has 17 heavy (non-hydrogen) atoms. The molecule has 0 aliphatic carbocycles. The Balaban J connectivity index is 2.09. The maximum absolute atomic E-state index is 9.00. The molecule has 0 aromatic carbocycles. The van der Waals surface area contributed by atoms with Crippen molar-refractivity contribution in [3.05, 3.63) is 35.1 Å². The molecule has 2 aromatic heterocycles. The second-order valence-electron chi connectivity index (χ2n) is 3.77. The summed E-state index contributed by atoms with van der Waals surface area (Å²) in [4.78, 5) is 8.23. The molecule has 6 nitrogen and oxygen atoms in total. The molecule has 0 spiro atoms. The first-order valence-corrected chi connectivity index (χ1v) is 5.28. The van der Waals surface area contributed by atoms with E-state index in [1.54, 1.807) is 6.26 Å². The van der Waals surface area contributed by atoms with Crippen molar-refractivity contribution in [2.24, 2.45) is 0 Å². The molecule has 2 heterocycles. The van der Waals surface area contributed by atoms with E-state index in [1.165, 1.54) is 0 Å². The highest BCUT2D eigenvalue weighted by atomic mass is 16.5. The zero-order valence-electron chi connectivity index (χ0n) is 9.77. The lowest BCUT2D eigenvalue weighted by molar-refractivity contribution is 0.271. The molecule has 2 aromatic rings. The maximum atomic E-state index is 9.00. The fourth-order valence-corrected chi connectivity index (χ4v) is 1.45. The standard InChI is InChI=1S/C11H14N4O2/c1-7-6-17-15-9(7)4-12-10-3-8(2)13-11(5-16)14-10/h3,6,16H,4-5H2,1-2H3,(H,12,13,14). The smallest absolute Gasteiger partial charge is 0.156 e. The van der Waals surface area contributed by atoms with Crippen molar-refractivity contribution in [2.75, 3.05) is 5.32 Å². The molecule has 90 valence electrons. The Hall–Kier alpha value is -1.95. The van der Waals surface area contributed by atoms with E-state index in [-0.39, 0.29) is 6.61 Å². The predicted octanol–water partition coefficient (Wildman–Crippen LogP) is 1.19. The van der Waals surface area contributed by atoms with E-state index in [1.807, 2.05) is 19.9 Å². The van der Waals surface area contributed by atoms with Crippen molar-refractivity contribution in [1.82, 2.24) is 15.1 Å². The second-order valence-corrected chi connectivity index (χ2v) is 3.77. The van der Waals surface area contributed by atoms with Crippen LogP contribution in [-0.4, -0.2) is 20.2 Å². The van der Waals surface area contributed by atoms with Gasteiger partial charge in [-0.3, -0.25) is 0 Å². The van der Waals surface area contributed by atoms with Crippen LogP contribution in [0.2, 0.25) is 0 Å². The Kier molecular flexibility index (Phi) is 3.34. The van der Waals surface area contributed by atoms with E-state index in [4.69, 9.17) is 9.63 Å². The van der Waals surface area contributed by atoms with Gasteiger partial charge in [0.05, 0.1) is 6.54 Å². The van der Waals surface area contributed by atoms with Gasteiger partial charge in [0.2, 0.25) is 0 Å². The first-order valence-electron chi connectivity index (χ1n) is 5.28. The van der Waals surface area contributed by atoms with Crippen LogP contribution in [0.1, 0.15) is 22.8 Å². The molecule has 6 heteroatoms. The van der Waals surface area contributed by atoms with Crippen LogP contribution >= 0.6 is 0 Å². The number of nitrogens with zero attached hydrogens (tertiary/aromatic N) is 3. The Morgan fingerprint density at radius 3 is 2.82 bits per heavy atom. The number of aromatic nitrogens is 3. The number of aliphatic hydroxyl groups is 1. The van der Waals surface area contributed by atoms with Crippen molar-refractivity contribution in [3.8, 4) is 0 Å². The summed E-state index contributed by atoms with van der Waals surface area (Å²) < 4.78 is 4.84. The lowest BCUT2D eigenvalue weighted by Crippen LogP contribution is -2.06. The number of anilines is 1. The third-order valence-electron chi connectivity index (χ3n) is 2.33. The fourth-order valence-electron chi connectivity index (χ4n) is 1.45. The van der Waals surface area contributed by atoms with Gasteiger partial charge < -0.3 is 14.9 Å². The Bertz CT molecular complexity index is 510. The summed E-state index contributed by atoms with van der Waals surface area (Å²) in [5.41, 5.74) is 2.64. The van der Waals surface area contributed by atoms with Gasteiger partial charge in [0.15, 0.2) is 5.82 Å². The van der Waals surface area contributed by atoms with Gasteiger partial charge in [-0.15, -0.1) is 0 Å². The summed E-state index contributed by atoms with van der Waals surface area (Å²) in [7, 11) is 0. The van der Waals surface area contributed by atoms with Gasteiger partial charge in [-0.05, 0) is 13.8 Å². The average molecular weight is 234 g/mol. The molecule has 2 rings (SSSR count). The molecule has 0 unspecified atom stereocenters. The maximum Gasteiger partial charge on any atom is 0.156 e. The summed E-state index contributed by atoms with van der Waals surface area (Å²) in [6.07, 6.45) is 1.60. The largest absolute Gasteiger partial charge is 0.388 e. The zero-order chi connectivity index (χ0) is 12.3. The first kappa shape index (κ1) is 11.5. The molecule has 0 saturated carbocycles.